The summed E-state index contributed by atoms with van der Waals surface area (Å²) in [5.74, 6) is 0.248. The van der Waals surface area contributed by atoms with Gasteiger partial charge in [-0.2, -0.15) is 0 Å². The van der Waals surface area contributed by atoms with Crippen LogP contribution >= 0.6 is 0 Å². The smallest absolute Gasteiger partial charge is 0.259 e. The zero-order valence-corrected chi connectivity index (χ0v) is 19.7. The number of phenols is 2. The Balaban J connectivity index is 1.60. The zero-order valence-electron chi connectivity index (χ0n) is 19.7. The largest absolute Gasteiger partial charge is 0.508 e. The zero-order chi connectivity index (χ0) is 25.1. The number of hydrogen-bond donors (Lipinski definition) is 3. The van der Waals surface area contributed by atoms with E-state index in [1.54, 1.807) is 42.5 Å². The van der Waals surface area contributed by atoms with Crippen LogP contribution in [0, 0.1) is 0 Å². The number of ether oxygens (including phenoxy) is 2. The van der Waals surface area contributed by atoms with Crippen molar-refractivity contribution in [2.75, 3.05) is 18.1 Å². The lowest BCUT2D eigenvalue weighted by atomic mass is 10.0. The van der Waals surface area contributed by atoms with Crippen LogP contribution in [0.15, 0.2) is 66.7 Å². The quantitative estimate of drug-likeness (QED) is 0.477. The third kappa shape index (κ3) is 4.93. The van der Waals surface area contributed by atoms with Gasteiger partial charge in [-0.1, -0.05) is 31.0 Å². The molecule has 0 bridgehead atoms. The Morgan fingerprint density at radius 1 is 0.861 bits per heavy atom. The molecule has 3 aromatic carbocycles. The highest BCUT2D eigenvalue weighted by Gasteiger charge is 2.35. The SMILES string of the molecule is O=C(NC1CCCC1)C(c1ccc(O)cc1)N(C(=O)c1ccc2c(c1)OCCO2)c1cccc(O)c1. The van der Waals surface area contributed by atoms with Crippen molar-refractivity contribution < 1.29 is 29.3 Å². The molecule has 1 atom stereocenters. The molecule has 1 aliphatic heterocycles. The van der Waals surface area contributed by atoms with Crippen LogP contribution in [0.1, 0.15) is 47.6 Å². The van der Waals surface area contributed by atoms with Crippen LogP contribution in [0.4, 0.5) is 5.69 Å². The first-order chi connectivity index (χ1) is 17.5. The minimum atomic E-state index is -1.05. The van der Waals surface area contributed by atoms with Gasteiger partial charge >= 0.3 is 0 Å². The van der Waals surface area contributed by atoms with Gasteiger partial charge in [0.25, 0.3) is 5.91 Å². The van der Waals surface area contributed by atoms with E-state index in [9.17, 15) is 19.8 Å². The molecule has 3 N–H and O–H groups in total. The van der Waals surface area contributed by atoms with Crippen LogP contribution in [-0.4, -0.2) is 41.3 Å². The monoisotopic (exact) mass is 488 g/mol. The van der Waals surface area contributed by atoms with E-state index in [0.717, 1.165) is 25.7 Å². The lowest BCUT2D eigenvalue weighted by Gasteiger charge is -2.32. The number of amides is 2. The third-order valence-electron chi connectivity index (χ3n) is 6.53. The summed E-state index contributed by atoms with van der Waals surface area (Å²) in [5, 5.41) is 23.2. The summed E-state index contributed by atoms with van der Waals surface area (Å²) in [6.45, 7) is 0.806. The highest BCUT2D eigenvalue weighted by Crippen LogP contribution is 2.36. The van der Waals surface area contributed by atoms with E-state index in [-0.39, 0.29) is 23.4 Å². The number of rotatable bonds is 6. The van der Waals surface area contributed by atoms with Crippen molar-refractivity contribution >= 4 is 17.5 Å². The van der Waals surface area contributed by atoms with Crippen molar-refractivity contribution in [2.45, 2.75) is 37.8 Å². The van der Waals surface area contributed by atoms with Gasteiger partial charge < -0.3 is 25.0 Å². The molecule has 0 aromatic heterocycles. The Bertz CT molecular complexity index is 1250. The fourth-order valence-corrected chi connectivity index (χ4v) is 4.77. The molecule has 0 radical (unpaired) electrons. The second-order valence-corrected chi connectivity index (χ2v) is 9.04. The fourth-order valence-electron chi connectivity index (χ4n) is 4.77. The number of carbonyl (C=O) groups excluding carboxylic acids is 2. The summed E-state index contributed by atoms with van der Waals surface area (Å²) < 4.78 is 11.3. The van der Waals surface area contributed by atoms with Crippen molar-refractivity contribution in [2.24, 2.45) is 0 Å². The highest BCUT2D eigenvalue weighted by molar-refractivity contribution is 6.10. The average molecular weight is 489 g/mol. The summed E-state index contributed by atoms with van der Waals surface area (Å²) in [5.41, 5.74) is 1.19. The molecule has 1 aliphatic carbocycles. The maximum Gasteiger partial charge on any atom is 0.259 e. The van der Waals surface area contributed by atoms with E-state index < -0.39 is 11.9 Å². The molecule has 36 heavy (non-hydrogen) atoms. The number of nitrogens with one attached hydrogen (secondary N) is 1. The minimum absolute atomic E-state index is 0.0341. The number of aromatic hydroxyl groups is 2. The lowest BCUT2D eigenvalue weighted by molar-refractivity contribution is -0.123. The van der Waals surface area contributed by atoms with E-state index in [1.807, 2.05) is 0 Å². The molecule has 1 saturated carbocycles. The Morgan fingerprint density at radius 2 is 1.58 bits per heavy atom. The molecule has 5 rings (SSSR count). The topological polar surface area (TPSA) is 108 Å². The number of benzene rings is 3. The molecule has 186 valence electrons. The standard InChI is InChI=1S/C28H28N2O6/c31-22-11-8-18(9-12-22)26(27(33)29-20-4-1-2-5-20)30(21-6-3-7-23(32)17-21)28(34)19-10-13-24-25(16-19)36-15-14-35-24/h3,6-13,16-17,20,26,31-32H,1-2,4-5,14-15H2,(H,29,33). The highest BCUT2D eigenvalue weighted by atomic mass is 16.6. The van der Waals surface area contributed by atoms with Gasteiger partial charge in [-0.3, -0.25) is 14.5 Å². The van der Waals surface area contributed by atoms with Gasteiger partial charge in [0.2, 0.25) is 5.91 Å². The Labute approximate surface area is 209 Å². The third-order valence-corrected chi connectivity index (χ3v) is 6.53. The van der Waals surface area contributed by atoms with E-state index in [2.05, 4.69) is 5.32 Å². The minimum Gasteiger partial charge on any atom is -0.508 e. The molecule has 0 saturated heterocycles. The Hall–Kier alpha value is -4.20. The molecular formula is C28H28N2O6. The molecule has 1 unspecified atom stereocenters. The van der Waals surface area contributed by atoms with Crippen LogP contribution in [0.25, 0.3) is 0 Å². The summed E-state index contributed by atoms with van der Waals surface area (Å²) in [6.07, 6.45) is 3.86. The van der Waals surface area contributed by atoms with Crippen LogP contribution in [0.5, 0.6) is 23.0 Å². The van der Waals surface area contributed by atoms with Gasteiger partial charge in [0, 0.05) is 23.4 Å². The maximum atomic E-state index is 14.1. The first-order valence-corrected chi connectivity index (χ1v) is 12.1. The van der Waals surface area contributed by atoms with Crippen molar-refractivity contribution in [3.8, 4) is 23.0 Å². The number of anilines is 1. The summed E-state index contributed by atoms with van der Waals surface area (Å²) in [4.78, 5) is 29.2. The first-order valence-electron chi connectivity index (χ1n) is 12.1. The van der Waals surface area contributed by atoms with Crippen LogP contribution in [0.3, 0.4) is 0 Å². The maximum absolute atomic E-state index is 14.1. The average Bonchev–Trinajstić information content (AvgIpc) is 3.40. The lowest BCUT2D eigenvalue weighted by Crippen LogP contribution is -2.46. The Kier molecular flexibility index (Phi) is 6.66. The van der Waals surface area contributed by atoms with Gasteiger partial charge in [0.1, 0.15) is 30.8 Å². The van der Waals surface area contributed by atoms with Crippen LogP contribution < -0.4 is 19.7 Å². The molecule has 3 aromatic rings. The summed E-state index contributed by atoms with van der Waals surface area (Å²) in [6, 6.07) is 16.4. The summed E-state index contributed by atoms with van der Waals surface area (Å²) in [7, 11) is 0. The van der Waals surface area contributed by atoms with E-state index in [0.29, 0.717) is 41.5 Å². The number of carbonyl (C=O) groups is 2. The number of phenolic OH excluding ortho intramolecular Hbond substituents is 2. The van der Waals surface area contributed by atoms with Gasteiger partial charge in [-0.05, 0) is 60.9 Å². The predicted octanol–water partition coefficient (Wildman–Crippen LogP) is 4.32. The van der Waals surface area contributed by atoms with Crippen molar-refractivity contribution in [3.63, 3.8) is 0 Å². The van der Waals surface area contributed by atoms with Gasteiger partial charge in [0.05, 0.1) is 0 Å². The molecule has 1 fully saturated rings. The van der Waals surface area contributed by atoms with Gasteiger partial charge in [0.15, 0.2) is 11.5 Å². The van der Waals surface area contributed by atoms with Crippen LogP contribution in [-0.2, 0) is 4.79 Å². The molecule has 1 heterocycles. The molecule has 2 aliphatic rings. The predicted molar refractivity (Wildman–Crippen MR) is 134 cm³/mol. The molecule has 8 heteroatoms. The first kappa shape index (κ1) is 23.5. The van der Waals surface area contributed by atoms with Crippen molar-refractivity contribution in [3.05, 3.63) is 77.9 Å². The Morgan fingerprint density at radius 3 is 2.31 bits per heavy atom. The normalized spacial score (nSPS) is 15.8. The molecule has 0 spiro atoms. The molecule has 2 amide bonds. The fraction of sp³-hybridized carbons (Fsp3) is 0.286. The number of nitrogens with zero attached hydrogens (tertiary/aromatic N) is 1. The van der Waals surface area contributed by atoms with E-state index in [1.165, 1.54) is 29.2 Å². The number of hydrogen-bond acceptors (Lipinski definition) is 6. The second kappa shape index (κ2) is 10.2. The van der Waals surface area contributed by atoms with Gasteiger partial charge in [-0.15, -0.1) is 0 Å². The van der Waals surface area contributed by atoms with Crippen molar-refractivity contribution in [1.29, 1.82) is 0 Å². The van der Waals surface area contributed by atoms with Crippen LogP contribution in [0.2, 0.25) is 0 Å². The summed E-state index contributed by atoms with van der Waals surface area (Å²) >= 11 is 0. The molecular weight excluding hydrogens is 460 g/mol. The van der Waals surface area contributed by atoms with Crippen molar-refractivity contribution in [1.82, 2.24) is 5.32 Å². The van der Waals surface area contributed by atoms with Gasteiger partial charge in [-0.25, -0.2) is 0 Å². The van der Waals surface area contributed by atoms with E-state index >= 15 is 0 Å². The second-order valence-electron chi connectivity index (χ2n) is 9.04. The molecule has 8 nitrogen and oxygen atoms in total. The number of fused-ring (bicyclic) bond motifs is 1. The van der Waals surface area contributed by atoms with E-state index in [4.69, 9.17) is 9.47 Å².